The minimum atomic E-state index is -0.691. The summed E-state index contributed by atoms with van der Waals surface area (Å²) in [6.45, 7) is 2.74. The van der Waals surface area contributed by atoms with Crippen LogP contribution in [-0.2, 0) is 19.1 Å². The quantitative estimate of drug-likeness (QED) is 0.710. The summed E-state index contributed by atoms with van der Waals surface area (Å²) in [5.41, 5.74) is 1.24. The van der Waals surface area contributed by atoms with Gasteiger partial charge in [0.15, 0.2) is 6.61 Å². The molecule has 28 heavy (non-hydrogen) atoms. The molecule has 2 aromatic carbocycles. The van der Waals surface area contributed by atoms with Crippen LogP contribution in [0.1, 0.15) is 34.6 Å². The lowest BCUT2D eigenvalue weighted by molar-refractivity contribution is -0.119. The molecule has 8 heteroatoms. The Morgan fingerprint density at radius 3 is 2.18 bits per heavy atom. The zero-order valence-electron chi connectivity index (χ0n) is 15.5. The van der Waals surface area contributed by atoms with Crippen molar-refractivity contribution in [1.82, 2.24) is 0 Å². The van der Waals surface area contributed by atoms with Gasteiger partial charge in [0.05, 0.1) is 23.4 Å². The normalized spacial score (nSPS) is 9.93. The number of rotatable bonds is 7. The van der Waals surface area contributed by atoms with Crippen LogP contribution in [0.2, 0.25) is 0 Å². The third-order valence-corrected chi connectivity index (χ3v) is 3.47. The molecular weight excluding hydrogens is 364 g/mol. The molecule has 146 valence electrons. The van der Waals surface area contributed by atoms with Crippen LogP contribution in [0.5, 0.6) is 0 Å². The van der Waals surface area contributed by atoms with Crippen LogP contribution < -0.4 is 10.6 Å². The molecule has 0 unspecified atom stereocenters. The first-order chi connectivity index (χ1) is 13.4. The van der Waals surface area contributed by atoms with Gasteiger partial charge in [-0.3, -0.25) is 9.59 Å². The van der Waals surface area contributed by atoms with Crippen molar-refractivity contribution < 1.29 is 28.7 Å². The zero-order chi connectivity index (χ0) is 20.5. The third kappa shape index (κ3) is 5.94. The summed E-state index contributed by atoms with van der Waals surface area (Å²) in [6.07, 6.45) is 0. The van der Waals surface area contributed by atoms with Gasteiger partial charge in [0.25, 0.3) is 5.91 Å². The highest BCUT2D eigenvalue weighted by Gasteiger charge is 2.15. The van der Waals surface area contributed by atoms with Crippen molar-refractivity contribution in [3.05, 3.63) is 59.7 Å². The molecule has 0 aliphatic rings. The van der Waals surface area contributed by atoms with Gasteiger partial charge in [0, 0.05) is 12.6 Å². The van der Waals surface area contributed by atoms with Crippen LogP contribution in [0.25, 0.3) is 0 Å². The predicted octanol–water partition coefficient (Wildman–Crippen LogP) is 2.62. The lowest BCUT2D eigenvalue weighted by Crippen LogP contribution is -2.22. The highest BCUT2D eigenvalue weighted by molar-refractivity contribution is 6.02. The summed E-state index contributed by atoms with van der Waals surface area (Å²) in [5, 5.41) is 5.10. The summed E-state index contributed by atoms with van der Waals surface area (Å²) in [4.78, 5) is 47.0. The third-order valence-electron chi connectivity index (χ3n) is 3.47. The number of hydrogen-bond acceptors (Lipinski definition) is 6. The van der Waals surface area contributed by atoms with E-state index in [9.17, 15) is 19.2 Å². The summed E-state index contributed by atoms with van der Waals surface area (Å²) in [6, 6.07) is 12.4. The molecular formula is C20H20N2O6. The number of esters is 2. The average molecular weight is 384 g/mol. The lowest BCUT2D eigenvalue weighted by Gasteiger charge is -2.10. The average Bonchev–Trinajstić information content (AvgIpc) is 2.67. The SMILES string of the molecule is CCOC(=O)c1ccccc1NC(=O)COC(=O)c1ccc(NC(C)=O)cc1. The molecule has 2 amide bonds. The van der Waals surface area contributed by atoms with Crippen LogP contribution in [0.15, 0.2) is 48.5 Å². The number of anilines is 2. The molecule has 0 bridgehead atoms. The van der Waals surface area contributed by atoms with E-state index in [1.54, 1.807) is 37.3 Å². The van der Waals surface area contributed by atoms with Crippen molar-refractivity contribution in [2.45, 2.75) is 13.8 Å². The first-order valence-electron chi connectivity index (χ1n) is 8.51. The molecule has 0 aliphatic carbocycles. The van der Waals surface area contributed by atoms with Gasteiger partial charge in [-0.1, -0.05) is 12.1 Å². The Bertz CT molecular complexity index is 877. The molecule has 0 saturated carbocycles. The Morgan fingerprint density at radius 1 is 0.857 bits per heavy atom. The largest absolute Gasteiger partial charge is 0.462 e. The van der Waals surface area contributed by atoms with E-state index in [1.165, 1.54) is 25.1 Å². The second-order valence-corrected chi connectivity index (χ2v) is 5.65. The summed E-state index contributed by atoms with van der Waals surface area (Å²) < 4.78 is 9.91. The van der Waals surface area contributed by atoms with Gasteiger partial charge in [0.2, 0.25) is 5.91 Å². The van der Waals surface area contributed by atoms with Crippen LogP contribution in [-0.4, -0.2) is 37.0 Å². The standard InChI is InChI=1S/C20H20N2O6/c1-3-27-20(26)16-6-4-5-7-17(16)22-18(24)12-28-19(25)14-8-10-15(11-9-14)21-13(2)23/h4-11H,3,12H2,1-2H3,(H,21,23)(H,22,24). The maximum absolute atomic E-state index is 12.1. The van der Waals surface area contributed by atoms with E-state index in [0.29, 0.717) is 5.69 Å². The molecule has 0 aliphatic heterocycles. The molecule has 2 aromatic rings. The zero-order valence-corrected chi connectivity index (χ0v) is 15.5. The Balaban J connectivity index is 1.93. The first-order valence-corrected chi connectivity index (χ1v) is 8.51. The maximum atomic E-state index is 12.1. The Hall–Kier alpha value is -3.68. The fourth-order valence-electron chi connectivity index (χ4n) is 2.27. The molecule has 2 rings (SSSR count). The van der Waals surface area contributed by atoms with Gasteiger partial charge >= 0.3 is 11.9 Å². The van der Waals surface area contributed by atoms with Crippen molar-refractivity contribution in [2.75, 3.05) is 23.8 Å². The van der Waals surface area contributed by atoms with Crippen molar-refractivity contribution in [2.24, 2.45) is 0 Å². The molecule has 0 heterocycles. The number of carbonyl (C=O) groups excluding carboxylic acids is 4. The fraction of sp³-hybridized carbons (Fsp3) is 0.200. The fourth-order valence-corrected chi connectivity index (χ4v) is 2.27. The Labute approximate surface area is 161 Å². The van der Waals surface area contributed by atoms with Crippen molar-refractivity contribution in [3.63, 3.8) is 0 Å². The number of para-hydroxylation sites is 1. The minimum Gasteiger partial charge on any atom is -0.462 e. The molecule has 8 nitrogen and oxygen atoms in total. The molecule has 0 atom stereocenters. The van der Waals surface area contributed by atoms with E-state index in [-0.39, 0.29) is 29.3 Å². The summed E-state index contributed by atoms with van der Waals surface area (Å²) in [5.74, 6) is -2.08. The van der Waals surface area contributed by atoms with Gasteiger partial charge in [-0.05, 0) is 43.3 Å². The summed E-state index contributed by atoms with van der Waals surface area (Å²) in [7, 11) is 0. The lowest BCUT2D eigenvalue weighted by atomic mass is 10.2. The number of carbonyl (C=O) groups is 4. The van der Waals surface area contributed by atoms with Gasteiger partial charge in [-0.25, -0.2) is 9.59 Å². The van der Waals surface area contributed by atoms with Gasteiger partial charge < -0.3 is 20.1 Å². The highest BCUT2D eigenvalue weighted by Crippen LogP contribution is 2.16. The van der Waals surface area contributed by atoms with Crippen LogP contribution in [0.3, 0.4) is 0 Å². The second kappa shape index (κ2) is 9.86. The molecule has 0 saturated heterocycles. The van der Waals surface area contributed by atoms with Gasteiger partial charge in [0.1, 0.15) is 0 Å². The number of amides is 2. The molecule has 0 aromatic heterocycles. The smallest absolute Gasteiger partial charge is 0.340 e. The van der Waals surface area contributed by atoms with Crippen LogP contribution in [0, 0.1) is 0 Å². The highest BCUT2D eigenvalue weighted by atomic mass is 16.5. The number of ether oxygens (including phenoxy) is 2. The Kier molecular flexibility index (Phi) is 7.27. The van der Waals surface area contributed by atoms with E-state index < -0.39 is 24.5 Å². The number of benzene rings is 2. The van der Waals surface area contributed by atoms with Crippen LogP contribution in [0.4, 0.5) is 11.4 Å². The molecule has 0 spiro atoms. The maximum Gasteiger partial charge on any atom is 0.340 e. The van der Waals surface area contributed by atoms with E-state index in [4.69, 9.17) is 9.47 Å². The molecule has 2 N–H and O–H groups in total. The van der Waals surface area contributed by atoms with E-state index in [1.807, 2.05) is 0 Å². The number of nitrogens with one attached hydrogen (secondary N) is 2. The van der Waals surface area contributed by atoms with Crippen molar-refractivity contribution in [1.29, 1.82) is 0 Å². The first kappa shape index (κ1) is 20.6. The van der Waals surface area contributed by atoms with Gasteiger partial charge in [-0.15, -0.1) is 0 Å². The van der Waals surface area contributed by atoms with E-state index in [2.05, 4.69) is 10.6 Å². The van der Waals surface area contributed by atoms with Crippen LogP contribution >= 0.6 is 0 Å². The molecule has 0 fully saturated rings. The topological polar surface area (TPSA) is 111 Å². The van der Waals surface area contributed by atoms with E-state index in [0.717, 1.165) is 0 Å². The number of hydrogen-bond donors (Lipinski definition) is 2. The minimum absolute atomic E-state index is 0.206. The predicted molar refractivity (Wildman–Crippen MR) is 102 cm³/mol. The summed E-state index contributed by atoms with van der Waals surface area (Å²) >= 11 is 0. The molecule has 0 radical (unpaired) electrons. The van der Waals surface area contributed by atoms with Crippen molar-refractivity contribution in [3.8, 4) is 0 Å². The second-order valence-electron chi connectivity index (χ2n) is 5.65. The Morgan fingerprint density at radius 2 is 1.54 bits per heavy atom. The van der Waals surface area contributed by atoms with Gasteiger partial charge in [-0.2, -0.15) is 0 Å². The van der Waals surface area contributed by atoms with Crippen molar-refractivity contribution >= 4 is 35.1 Å². The van der Waals surface area contributed by atoms with E-state index >= 15 is 0 Å². The monoisotopic (exact) mass is 384 g/mol.